The lowest BCUT2D eigenvalue weighted by Crippen LogP contribution is -2.37. The van der Waals surface area contributed by atoms with Gasteiger partial charge in [-0.15, -0.1) is 0 Å². The lowest BCUT2D eigenvalue weighted by atomic mass is 9.73. The molecule has 2 aliphatic heterocycles. The molecule has 6 heteroatoms. The van der Waals surface area contributed by atoms with E-state index >= 15 is 0 Å². The average Bonchev–Trinajstić information content (AvgIpc) is 2.99. The Balaban J connectivity index is 1.67. The first-order valence-electron chi connectivity index (χ1n) is 9.60. The van der Waals surface area contributed by atoms with Crippen LogP contribution in [0, 0.1) is 9.39 Å². The Morgan fingerprint density at radius 2 is 2.15 bits per heavy atom. The van der Waals surface area contributed by atoms with Gasteiger partial charge in [0.15, 0.2) is 0 Å². The highest BCUT2D eigenvalue weighted by Crippen LogP contribution is 2.50. The molecule has 1 aromatic heterocycles. The van der Waals surface area contributed by atoms with E-state index in [0.29, 0.717) is 12.8 Å². The van der Waals surface area contributed by atoms with Crippen LogP contribution in [0.1, 0.15) is 63.0 Å². The fourth-order valence-corrected chi connectivity index (χ4v) is 6.91. The Morgan fingerprint density at radius 3 is 2.89 bits per heavy atom. The first-order chi connectivity index (χ1) is 12.9. The van der Waals surface area contributed by atoms with Crippen molar-refractivity contribution in [3.05, 3.63) is 39.1 Å². The normalized spacial score (nSPS) is 32.2. The topological polar surface area (TPSA) is 27.1 Å². The van der Waals surface area contributed by atoms with Gasteiger partial charge in [0.1, 0.15) is 17.3 Å². The highest BCUT2D eigenvalue weighted by Gasteiger charge is 2.45. The van der Waals surface area contributed by atoms with Crippen molar-refractivity contribution in [2.24, 2.45) is 0 Å². The number of nitrogens with zero attached hydrogens (tertiary/aromatic N) is 2. The first kappa shape index (κ1) is 17.9. The molecule has 3 aliphatic rings. The second kappa shape index (κ2) is 6.44. The minimum absolute atomic E-state index is 0.146. The molecule has 2 fully saturated rings. The van der Waals surface area contributed by atoms with Crippen molar-refractivity contribution in [1.29, 1.82) is 0 Å². The third-order valence-corrected chi connectivity index (χ3v) is 8.47. The number of aromatic nitrogens is 2. The van der Waals surface area contributed by atoms with E-state index in [4.69, 9.17) is 9.72 Å². The Kier molecular flexibility index (Phi) is 4.27. The highest BCUT2D eigenvalue weighted by molar-refractivity contribution is 14.2. The molecule has 2 aromatic rings. The van der Waals surface area contributed by atoms with Gasteiger partial charge < -0.3 is 9.30 Å². The lowest BCUT2D eigenvalue weighted by Gasteiger charge is -2.40. The molecule has 27 heavy (non-hydrogen) atoms. The van der Waals surface area contributed by atoms with Crippen LogP contribution in [-0.4, -0.2) is 31.9 Å². The van der Waals surface area contributed by atoms with Gasteiger partial charge in [-0.05, 0) is 61.7 Å². The first-order valence-corrected chi connectivity index (χ1v) is 11.9. The number of hydrogen-bond donors (Lipinski definition) is 0. The lowest BCUT2D eigenvalue weighted by molar-refractivity contribution is 0.00338. The smallest absolute Gasteiger partial charge is 0.123 e. The van der Waals surface area contributed by atoms with Crippen LogP contribution in [0.5, 0.6) is 0 Å². The second-order valence-electron chi connectivity index (χ2n) is 8.29. The predicted octanol–water partition coefficient (Wildman–Crippen LogP) is 5.34. The minimum Gasteiger partial charge on any atom is -0.378 e. The van der Waals surface area contributed by atoms with Gasteiger partial charge >= 0.3 is 0 Å². The van der Waals surface area contributed by atoms with E-state index in [1.54, 1.807) is 19.1 Å². The van der Waals surface area contributed by atoms with Crippen LogP contribution in [0.4, 0.5) is 8.78 Å². The molecule has 2 atom stereocenters. The zero-order chi connectivity index (χ0) is 18.8. The standard InChI is InChI=1S/C21H23F2IN2O/c1-12-7-15(5-6-27-12)26-19-16-8-14(22)3-4-17(16)24-11-18(19)25-20(26)13-9-21(2,23)10-13/h3-4,8,11-13,15H,5-7,9-10H2,1-2H3/t12-,13?,15-,21?/m1/s1. The SMILES string of the molecule is C[C@@H]1C[C@H](n2c(C3CC(C)(F)C3)nc3c2-c2cc(F)ccc2I=C3)CCO1. The van der Waals surface area contributed by atoms with Crippen LogP contribution in [0.15, 0.2) is 18.2 Å². The molecular formula is C21H23F2IN2O. The van der Waals surface area contributed by atoms with Gasteiger partial charge in [-0.25, -0.2) is 13.8 Å². The predicted molar refractivity (Wildman–Crippen MR) is 111 cm³/mol. The molecule has 0 amide bonds. The van der Waals surface area contributed by atoms with Crippen molar-refractivity contribution in [2.45, 2.75) is 63.3 Å². The zero-order valence-corrected chi connectivity index (χ0v) is 17.7. The van der Waals surface area contributed by atoms with Crippen molar-refractivity contribution in [3.8, 4) is 11.3 Å². The summed E-state index contributed by atoms with van der Waals surface area (Å²) in [5, 5.41) is 0. The van der Waals surface area contributed by atoms with E-state index in [-0.39, 0.29) is 44.6 Å². The maximum atomic E-state index is 14.2. The number of benzene rings is 1. The number of imidazole rings is 1. The van der Waals surface area contributed by atoms with Crippen LogP contribution in [0.2, 0.25) is 0 Å². The van der Waals surface area contributed by atoms with E-state index in [1.807, 2.05) is 6.07 Å². The second-order valence-corrected chi connectivity index (χ2v) is 10.7. The van der Waals surface area contributed by atoms with Crippen molar-refractivity contribution >= 4 is 24.7 Å². The summed E-state index contributed by atoms with van der Waals surface area (Å²) in [4.78, 5) is 4.97. The summed E-state index contributed by atoms with van der Waals surface area (Å²) in [6.45, 7) is 4.49. The molecular weight excluding hydrogens is 461 g/mol. The van der Waals surface area contributed by atoms with Gasteiger partial charge in [0.25, 0.3) is 0 Å². The molecule has 3 nitrogen and oxygen atoms in total. The third-order valence-electron chi connectivity index (χ3n) is 5.96. The maximum Gasteiger partial charge on any atom is 0.123 e. The summed E-state index contributed by atoms with van der Waals surface area (Å²) >= 11 is -0.326. The van der Waals surface area contributed by atoms with Gasteiger partial charge in [-0.3, -0.25) is 0 Å². The van der Waals surface area contributed by atoms with Crippen LogP contribution < -0.4 is 0 Å². The highest BCUT2D eigenvalue weighted by atomic mass is 127. The van der Waals surface area contributed by atoms with E-state index in [9.17, 15) is 8.78 Å². The fraction of sp³-hybridized carbons (Fsp3) is 0.524. The van der Waals surface area contributed by atoms with Crippen LogP contribution >= 0.6 is 20.7 Å². The van der Waals surface area contributed by atoms with E-state index in [0.717, 1.165) is 42.2 Å². The maximum absolute atomic E-state index is 14.2. The summed E-state index contributed by atoms with van der Waals surface area (Å²) in [7, 11) is 0. The number of rotatable bonds is 2. The fourth-order valence-electron chi connectivity index (χ4n) is 4.71. The molecule has 0 N–H and O–H groups in total. The quantitative estimate of drug-likeness (QED) is 0.460. The summed E-state index contributed by atoms with van der Waals surface area (Å²) in [6, 6.07) is 5.40. The van der Waals surface area contributed by atoms with Gasteiger partial charge in [0, 0.05) is 27.7 Å². The van der Waals surface area contributed by atoms with Gasteiger partial charge in [-0.2, -0.15) is 0 Å². The Labute approximate surface area is 167 Å². The average molecular weight is 484 g/mol. The summed E-state index contributed by atoms with van der Waals surface area (Å²) in [5.74, 6) is 0.930. The van der Waals surface area contributed by atoms with Crippen molar-refractivity contribution < 1.29 is 13.5 Å². The third kappa shape index (κ3) is 3.09. The molecule has 1 aliphatic carbocycles. The molecule has 5 rings (SSSR count). The minimum atomic E-state index is -1.09. The summed E-state index contributed by atoms with van der Waals surface area (Å²) in [6.07, 6.45) is 3.06. The molecule has 1 aromatic carbocycles. The number of ether oxygens (including phenoxy) is 1. The molecule has 144 valence electrons. The summed E-state index contributed by atoms with van der Waals surface area (Å²) in [5.41, 5.74) is 1.91. The van der Waals surface area contributed by atoms with Gasteiger partial charge in [-0.1, -0.05) is 20.7 Å². The van der Waals surface area contributed by atoms with Crippen molar-refractivity contribution in [2.75, 3.05) is 6.61 Å². The number of fused-ring (bicyclic) bond motifs is 3. The molecule has 0 radical (unpaired) electrons. The molecule has 0 unspecified atom stereocenters. The largest absolute Gasteiger partial charge is 0.378 e. The van der Waals surface area contributed by atoms with Crippen LogP contribution in [0.3, 0.4) is 0 Å². The number of halogens is 3. The van der Waals surface area contributed by atoms with E-state index in [1.165, 1.54) is 3.57 Å². The van der Waals surface area contributed by atoms with Crippen molar-refractivity contribution in [3.63, 3.8) is 0 Å². The van der Waals surface area contributed by atoms with Crippen LogP contribution in [-0.2, 0) is 4.74 Å². The Hall–Kier alpha value is -1.15. The molecule has 0 bridgehead atoms. The zero-order valence-electron chi connectivity index (χ0n) is 15.5. The van der Waals surface area contributed by atoms with E-state index in [2.05, 4.69) is 15.5 Å². The number of hydrogen-bond acceptors (Lipinski definition) is 2. The molecule has 1 saturated carbocycles. The van der Waals surface area contributed by atoms with Crippen molar-refractivity contribution in [1.82, 2.24) is 9.55 Å². The Bertz CT molecular complexity index is 929. The Morgan fingerprint density at radius 1 is 1.33 bits per heavy atom. The molecule has 0 spiro atoms. The molecule has 1 saturated heterocycles. The van der Waals surface area contributed by atoms with Gasteiger partial charge in [0.2, 0.25) is 0 Å². The van der Waals surface area contributed by atoms with Crippen LogP contribution in [0.25, 0.3) is 11.3 Å². The summed E-state index contributed by atoms with van der Waals surface area (Å²) < 4.78 is 39.9. The number of alkyl halides is 1. The molecule has 3 heterocycles. The monoisotopic (exact) mass is 484 g/mol. The van der Waals surface area contributed by atoms with E-state index < -0.39 is 5.67 Å². The van der Waals surface area contributed by atoms with Gasteiger partial charge in [0.05, 0.1) is 17.5 Å².